The molecule has 0 N–H and O–H groups in total. The number of carbonyl (C=O) groups is 1. The first-order valence-electron chi connectivity index (χ1n) is 5.97. The summed E-state index contributed by atoms with van der Waals surface area (Å²) >= 11 is 0. The summed E-state index contributed by atoms with van der Waals surface area (Å²) in [5.74, 6) is -0.125. The second-order valence-electron chi connectivity index (χ2n) is 4.85. The van der Waals surface area contributed by atoms with Crippen LogP contribution in [0.25, 0.3) is 10.4 Å². The van der Waals surface area contributed by atoms with Crippen molar-refractivity contribution in [1.29, 1.82) is 0 Å². The summed E-state index contributed by atoms with van der Waals surface area (Å²) in [4.78, 5) is 14.2. The Morgan fingerprint density at radius 1 is 1.38 bits per heavy atom. The van der Waals surface area contributed by atoms with Crippen LogP contribution in [0.5, 0.6) is 0 Å². The van der Waals surface area contributed by atoms with E-state index in [4.69, 9.17) is 10.3 Å². The molecule has 1 heterocycles. The molecule has 1 atom stereocenters. The molecule has 1 saturated carbocycles. The van der Waals surface area contributed by atoms with Crippen LogP contribution in [0.1, 0.15) is 44.9 Å². The summed E-state index contributed by atoms with van der Waals surface area (Å²) in [5.41, 5.74) is 8.31. The average Bonchev–Trinajstić information content (AvgIpc) is 2.45. The number of hydrogen-bond donors (Lipinski definition) is 0. The number of ether oxygens (including phenoxy) is 1. The third kappa shape index (κ3) is 2.14. The van der Waals surface area contributed by atoms with Crippen LogP contribution in [0.15, 0.2) is 5.11 Å². The summed E-state index contributed by atoms with van der Waals surface area (Å²) in [5, 5.41) is 3.57. The van der Waals surface area contributed by atoms with Crippen molar-refractivity contribution in [1.82, 2.24) is 0 Å². The van der Waals surface area contributed by atoms with Crippen molar-refractivity contribution in [3.63, 3.8) is 0 Å². The third-order valence-corrected chi connectivity index (χ3v) is 3.86. The minimum absolute atomic E-state index is 0.0399. The first-order chi connectivity index (χ1) is 7.77. The van der Waals surface area contributed by atoms with Gasteiger partial charge in [-0.15, -0.1) is 0 Å². The van der Waals surface area contributed by atoms with Gasteiger partial charge in [0.25, 0.3) is 0 Å². The lowest BCUT2D eigenvalue weighted by atomic mass is 9.74. The van der Waals surface area contributed by atoms with Gasteiger partial charge in [0.15, 0.2) is 0 Å². The smallest absolute Gasteiger partial charge is 0.306 e. The van der Waals surface area contributed by atoms with Gasteiger partial charge in [0, 0.05) is 10.3 Å². The van der Waals surface area contributed by atoms with E-state index in [1.54, 1.807) is 0 Å². The molecule has 2 fully saturated rings. The van der Waals surface area contributed by atoms with Crippen molar-refractivity contribution >= 4 is 5.97 Å². The highest BCUT2D eigenvalue weighted by Crippen LogP contribution is 2.46. The van der Waals surface area contributed by atoms with E-state index >= 15 is 0 Å². The van der Waals surface area contributed by atoms with Gasteiger partial charge in [0.1, 0.15) is 6.10 Å². The van der Waals surface area contributed by atoms with Gasteiger partial charge in [-0.1, -0.05) is 30.8 Å². The van der Waals surface area contributed by atoms with Crippen molar-refractivity contribution in [3.8, 4) is 0 Å². The fourth-order valence-corrected chi connectivity index (χ4v) is 3.00. The van der Waals surface area contributed by atoms with E-state index in [0.29, 0.717) is 13.0 Å². The zero-order chi connectivity index (χ0) is 11.4. The summed E-state index contributed by atoms with van der Waals surface area (Å²) in [6.45, 7) is 0.294. The highest BCUT2D eigenvalue weighted by molar-refractivity contribution is 5.73. The molecule has 2 aliphatic rings. The Morgan fingerprint density at radius 2 is 2.06 bits per heavy atom. The van der Waals surface area contributed by atoms with Gasteiger partial charge in [-0.25, -0.2) is 0 Å². The van der Waals surface area contributed by atoms with Gasteiger partial charge >= 0.3 is 5.97 Å². The van der Waals surface area contributed by atoms with Crippen LogP contribution in [0.3, 0.4) is 0 Å². The topological polar surface area (TPSA) is 75.1 Å². The van der Waals surface area contributed by atoms with Crippen molar-refractivity contribution in [2.75, 3.05) is 6.54 Å². The molecule has 0 aromatic carbocycles. The van der Waals surface area contributed by atoms with Crippen molar-refractivity contribution in [3.05, 3.63) is 10.4 Å². The van der Waals surface area contributed by atoms with Crippen molar-refractivity contribution in [2.45, 2.75) is 51.0 Å². The Morgan fingerprint density at radius 3 is 2.69 bits per heavy atom. The predicted octanol–water partition coefficient (Wildman–Crippen LogP) is 2.95. The molecule has 5 heteroatoms. The Labute approximate surface area is 94.8 Å². The number of hydrogen-bond acceptors (Lipinski definition) is 3. The predicted molar refractivity (Wildman–Crippen MR) is 58.6 cm³/mol. The van der Waals surface area contributed by atoms with Crippen LogP contribution in [0.4, 0.5) is 0 Å². The molecular weight excluding hydrogens is 206 g/mol. The molecule has 5 nitrogen and oxygen atoms in total. The molecule has 0 radical (unpaired) electrons. The quantitative estimate of drug-likeness (QED) is 0.312. The second kappa shape index (κ2) is 4.74. The van der Waals surface area contributed by atoms with E-state index in [0.717, 1.165) is 25.7 Å². The highest BCUT2D eigenvalue weighted by Gasteiger charge is 2.48. The number of esters is 1. The minimum Gasteiger partial charge on any atom is -0.462 e. The van der Waals surface area contributed by atoms with Gasteiger partial charge in [0.05, 0.1) is 13.0 Å². The van der Waals surface area contributed by atoms with Crippen LogP contribution < -0.4 is 0 Å². The average molecular weight is 223 g/mol. The Bertz CT molecular complexity index is 315. The molecule has 2 rings (SSSR count). The summed E-state index contributed by atoms with van der Waals surface area (Å²) in [6.07, 6.45) is 7.18. The van der Waals surface area contributed by atoms with E-state index in [1.165, 1.54) is 12.8 Å². The molecule has 1 saturated heterocycles. The maximum atomic E-state index is 11.4. The zero-order valence-electron chi connectivity index (χ0n) is 9.39. The van der Waals surface area contributed by atoms with Gasteiger partial charge in [-0.2, -0.15) is 0 Å². The molecule has 1 unspecified atom stereocenters. The SMILES string of the molecule is [N-]=[N+]=NCC1OC(=O)CC12CCCCCC2. The minimum atomic E-state index is -0.186. The maximum absolute atomic E-state index is 11.4. The van der Waals surface area contributed by atoms with Gasteiger partial charge < -0.3 is 4.74 Å². The normalized spacial score (nSPS) is 28.2. The van der Waals surface area contributed by atoms with Crippen LogP contribution in [0.2, 0.25) is 0 Å². The molecular formula is C11H17N3O2. The number of rotatable bonds is 2. The number of cyclic esters (lactones) is 1. The molecule has 16 heavy (non-hydrogen) atoms. The second-order valence-corrected chi connectivity index (χ2v) is 4.85. The number of nitrogens with zero attached hydrogens (tertiary/aromatic N) is 3. The molecule has 1 aliphatic carbocycles. The van der Waals surface area contributed by atoms with E-state index in [1.807, 2.05) is 0 Å². The Hall–Kier alpha value is -1.22. The zero-order valence-corrected chi connectivity index (χ0v) is 9.39. The maximum Gasteiger partial charge on any atom is 0.306 e. The number of azide groups is 1. The van der Waals surface area contributed by atoms with E-state index in [-0.39, 0.29) is 17.5 Å². The molecule has 0 aromatic rings. The third-order valence-electron chi connectivity index (χ3n) is 3.86. The monoisotopic (exact) mass is 223 g/mol. The van der Waals surface area contributed by atoms with E-state index < -0.39 is 0 Å². The Kier molecular flexibility index (Phi) is 3.34. The number of carbonyl (C=O) groups excluding carboxylic acids is 1. The fourth-order valence-electron chi connectivity index (χ4n) is 3.00. The fraction of sp³-hybridized carbons (Fsp3) is 0.909. The summed E-state index contributed by atoms with van der Waals surface area (Å²) in [7, 11) is 0. The standard InChI is InChI=1S/C11H17N3O2/c12-14-13-8-9-11(7-10(15)16-9)5-3-1-2-4-6-11/h9H,1-8H2. The summed E-state index contributed by atoms with van der Waals surface area (Å²) < 4.78 is 5.31. The van der Waals surface area contributed by atoms with Crippen LogP contribution in [0, 0.1) is 5.41 Å². The van der Waals surface area contributed by atoms with E-state index in [9.17, 15) is 4.79 Å². The van der Waals surface area contributed by atoms with E-state index in [2.05, 4.69) is 10.0 Å². The molecule has 0 amide bonds. The lowest BCUT2D eigenvalue weighted by Gasteiger charge is -2.30. The molecule has 88 valence electrons. The van der Waals surface area contributed by atoms with Crippen LogP contribution in [-0.2, 0) is 9.53 Å². The first-order valence-corrected chi connectivity index (χ1v) is 5.97. The summed E-state index contributed by atoms with van der Waals surface area (Å²) in [6, 6.07) is 0. The van der Waals surface area contributed by atoms with Gasteiger partial charge in [0.2, 0.25) is 0 Å². The molecule has 1 spiro atoms. The molecule has 0 bridgehead atoms. The lowest BCUT2D eigenvalue weighted by Crippen LogP contribution is -2.32. The first kappa shape index (κ1) is 11.3. The Balaban J connectivity index is 2.13. The molecule has 0 aromatic heterocycles. The lowest BCUT2D eigenvalue weighted by molar-refractivity contribution is -0.141. The van der Waals surface area contributed by atoms with Crippen LogP contribution >= 0.6 is 0 Å². The van der Waals surface area contributed by atoms with Crippen molar-refractivity contribution in [2.24, 2.45) is 10.5 Å². The highest BCUT2D eigenvalue weighted by atomic mass is 16.6. The largest absolute Gasteiger partial charge is 0.462 e. The molecule has 1 aliphatic heterocycles. The van der Waals surface area contributed by atoms with Gasteiger partial charge in [-0.05, 0) is 18.4 Å². The van der Waals surface area contributed by atoms with Gasteiger partial charge in [-0.3, -0.25) is 4.79 Å². The van der Waals surface area contributed by atoms with Crippen molar-refractivity contribution < 1.29 is 9.53 Å². The van der Waals surface area contributed by atoms with Crippen LogP contribution in [-0.4, -0.2) is 18.6 Å².